The fraction of sp³-hybridized carbons (Fsp3) is 0.182. The van der Waals surface area contributed by atoms with E-state index in [1.807, 2.05) is 0 Å². The van der Waals surface area contributed by atoms with Crippen molar-refractivity contribution in [2.24, 2.45) is 5.73 Å². The molecule has 0 saturated heterocycles. The van der Waals surface area contributed by atoms with Crippen molar-refractivity contribution in [1.82, 2.24) is 5.32 Å². The number of carbonyl (C=O) groups excluding carboxylic acids is 2. The van der Waals surface area contributed by atoms with E-state index in [1.54, 1.807) is 0 Å². The molecule has 0 heterocycles. The second-order valence-electron chi connectivity index (χ2n) is 3.90. The van der Waals surface area contributed by atoms with Crippen molar-refractivity contribution in [2.75, 3.05) is 11.9 Å². The van der Waals surface area contributed by atoms with Crippen molar-refractivity contribution >= 4 is 46.8 Å². The molecule has 23 heavy (non-hydrogen) atoms. The van der Waals surface area contributed by atoms with E-state index in [2.05, 4.69) is 10.1 Å². The van der Waals surface area contributed by atoms with Crippen LogP contribution in [0.3, 0.4) is 0 Å². The Kier molecular flexibility index (Phi) is 5.67. The predicted octanol–water partition coefficient (Wildman–Crippen LogP) is 2.50. The van der Waals surface area contributed by atoms with Gasteiger partial charge in [-0.15, -0.1) is 0 Å². The van der Waals surface area contributed by atoms with Crippen LogP contribution in [0.4, 0.5) is 23.7 Å². The first-order valence-corrected chi connectivity index (χ1v) is 6.38. The minimum Gasteiger partial charge on any atom is -0.420 e. The number of hydrogen-bond acceptors (Lipinski definition) is 4. The van der Waals surface area contributed by atoms with Crippen LogP contribution in [-0.2, 0) is 4.79 Å². The number of nitrogens with zero attached hydrogens (tertiary/aromatic N) is 1. The first kappa shape index (κ1) is 18.8. The summed E-state index contributed by atoms with van der Waals surface area (Å²) in [4.78, 5) is 23.1. The number of nitrogens with two attached hydrogens (primary N) is 1. The number of urea groups is 1. The van der Waals surface area contributed by atoms with Gasteiger partial charge >= 0.3 is 18.2 Å². The third kappa shape index (κ3) is 4.39. The molecule has 0 spiro atoms. The van der Waals surface area contributed by atoms with Gasteiger partial charge in [-0.05, 0) is 0 Å². The van der Waals surface area contributed by atoms with E-state index >= 15 is 0 Å². The van der Waals surface area contributed by atoms with E-state index in [0.29, 0.717) is 4.90 Å². The molecule has 0 aliphatic heterocycles. The topological polar surface area (TPSA) is 109 Å². The Balaban J connectivity index is 3.27. The monoisotopic (exact) mass is 372 g/mol. The van der Waals surface area contributed by atoms with Gasteiger partial charge in [0, 0.05) is 19.2 Å². The van der Waals surface area contributed by atoms with Gasteiger partial charge in [0.1, 0.15) is 5.75 Å². The summed E-state index contributed by atoms with van der Waals surface area (Å²) in [5.41, 5.74) is 5.00. The number of anilines is 1. The molecule has 0 radical (unpaired) electrons. The number of rotatable bonds is 2. The van der Waals surface area contributed by atoms with Gasteiger partial charge in [0.25, 0.3) is 0 Å². The third-order valence-corrected chi connectivity index (χ3v) is 2.89. The number of halogens is 5. The molecule has 1 rings (SSSR count). The number of benzene rings is 1. The lowest BCUT2D eigenvalue weighted by Gasteiger charge is -2.22. The van der Waals surface area contributed by atoms with Crippen molar-refractivity contribution in [3.05, 3.63) is 22.2 Å². The second-order valence-corrected chi connectivity index (χ2v) is 4.71. The van der Waals surface area contributed by atoms with Crippen molar-refractivity contribution in [1.29, 1.82) is 5.41 Å². The van der Waals surface area contributed by atoms with Crippen molar-refractivity contribution in [3.63, 3.8) is 0 Å². The van der Waals surface area contributed by atoms with Crippen molar-refractivity contribution < 1.29 is 27.5 Å². The van der Waals surface area contributed by atoms with Crippen molar-refractivity contribution in [2.45, 2.75) is 6.18 Å². The highest BCUT2D eigenvalue weighted by Gasteiger charge is 2.41. The number of carbonyl (C=O) groups is 2. The average molecular weight is 373 g/mol. The lowest BCUT2D eigenvalue weighted by Crippen LogP contribution is -2.46. The lowest BCUT2D eigenvalue weighted by molar-refractivity contribution is -0.189. The van der Waals surface area contributed by atoms with Gasteiger partial charge in [-0.1, -0.05) is 23.2 Å². The summed E-state index contributed by atoms with van der Waals surface area (Å²) >= 11 is 11.7. The Labute approximate surface area is 137 Å². The van der Waals surface area contributed by atoms with Crippen LogP contribution in [0.25, 0.3) is 0 Å². The molecule has 1 aromatic carbocycles. The van der Waals surface area contributed by atoms with Crippen LogP contribution in [0.15, 0.2) is 12.1 Å². The maximum atomic E-state index is 12.2. The normalized spacial score (nSPS) is 10.9. The molecule has 2 amide bonds. The van der Waals surface area contributed by atoms with E-state index in [9.17, 15) is 22.8 Å². The standard InChI is InChI=1S/C11H9Cl2F3N4O3/c1-19-10(22)20(9(17)18)7-5(12)2-4(3-6(7)13)23-8(21)11(14,15)16/h2-3H,1H3,(H3,17,18)(H,19,22). The number of guanidine groups is 1. The zero-order valence-electron chi connectivity index (χ0n) is 11.3. The zero-order valence-corrected chi connectivity index (χ0v) is 12.8. The second kappa shape index (κ2) is 6.92. The highest BCUT2D eigenvalue weighted by atomic mass is 35.5. The first-order chi connectivity index (χ1) is 10.5. The van der Waals surface area contributed by atoms with Crippen LogP contribution >= 0.6 is 23.2 Å². The largest absolute Gasteiger partial charge is 0.491 e. The molecule has 1 aromatic rings. The maximum Gasteiger partial charge on any atom is 0.491 e. The number of amides is 2. The summed E-state index contributed by atoms with van der Waals surface area (Å²) in [5.74, 6) is -3.80. The number of ether oxygens (including phenoxy) is 1. The number of esters is 1. The summed E-state index contributed by atoms with van der Waals surface area (Å²) in [6.45, 7) is 0. The van der Waals surface area contributed by atoms with Crippen LogP contribution in [0.2, 0.25) is 10.0 Å². The Morgan fingerprint density at radius 3 is 2.13 bits per heavy atom. The van der Waals surface area contributed by atoms with Crippen molar-refractivity contribution in [3.8, 4) is 5.75 Å². The molecule has 0 saturated carbocycles. The highest BCUT2D eigenvalue weighted by Crippen LogP contribution is 2.38. The van der Waals surface area contributed by atoms with Crippen LogP contribution in [0, 0.1) is 5.41 Å². The van der Waals surface area contributed by atoms with Gasteiger partial charge in [-0.3, -0.25) is 5.41 Å². The van der Waals surface area contributed by atoms with Crippen LogP contribution < -0.4 is 20.7 Å². The molecule has 0 atom stereocenters. The van der Waals surface area contributed by atoms with Crippen LogP contribution in [-0.4, -0.2) is 31.2 Å². The summed E-state index contributed by atoms with van der Waals surface area (Å²) < 4.78 is 40.5. The Hall–Kier alpha value is -2.20. The molecular formula is C11H9Cl2F3N4O3. The van der Waals surface area contributed by atoms with Gasteiger partial charge < -0.3 is 15.8 Å². The minimum absolute atomic E-state index is 0.257. The number of alkyl halides is 3. The summed E-state index contributed by atoms with van der Waals surface area (Å²) in [6.07, 6.45) is -5.20. The fourth-order valence-electron chi connectivity index (χ4n) is 1.42. The third-order valence-electron chi connectivity index (χ3n) is 2.31. The smallest absolute Gasteiger partial charge is 0.420 e. The SMILES string of the molecule is CNC(=O)N(C(=N)N)c1c(Cl)cc(OC(=O)C(F)(F)F)cc1Cl. The maximum absolute atomic E-state index is 12.2. The molecule has 0 aromatic heterocycles. The molecule has 0 aliphatic rings. The molecule has 0 bridgehead atoms. The summed E-state index contributed by atoms with van der Waals surface area (Å²) in [7, 11) is 1.25. The molecule has 4 N–H and O–H groups in total. The Bertz CT molecular complexity index is 643. The van der Waals surface area contributed by atoms with Gasteiger partial charge in [0.2, 0.25) is 5.96 Å². The van der Waals surface area contributed by atoms with E-state index in [1.165, 1.54) is 7.05 Å². The highest BCUT2D eigenvalue weighted by molar-refractivity contribution is 6.41. The molecular weight excluding hydrogens is 364 g/mol. The molecule has 7 nitrogen and oxygen atoms in total. The number of hydrogen-bond donors (Lipinski definition) is 3. The lowest BCUT2D eigenvalue weighted by atomic mass is 10.2. The van der Waals surface area contributed by atoms with E-state index in [0.717, 1.165) is 12.1 Å². The van der Waals surface area contributed by atoms with E-state index in [-0.39, 0.29) is 15.7 Å². The van der Waals surface area contributed by atoms with Crippen LogP contribution in [0.5, 0.6) is 5.75 Å². The molecule has 0 unspecified atom stereocenters. The zero-order chi connectivity index (χ0) is 17.9. The average Bonchev–Trinajstić information content (AvgIpc) is 2.40. The summed E-state index contributed by atoms with van der Waals surface area (Å²) in [5, 5.41) is 8.82. The minimum atomic E-state index is -5.20. The van der Waals surface area contributed by atoms with Gasteiger partial charge in [0.15, 0.2) is 0 Å². The fourth-order valence-corrected chi connectivity index (χ4v) is 2.06. The summed E-state index contributed by atoms with van der Waals surface area (Å²) in [6, 6.07) is 0.790. The van der Waals surface area contributed by atoms with Gasteiger partial charge in [0.05, 0.1) is 15.7 Å². The van der Waals surface area contributed by atoms with E-state index < -0.39 is 29.9 Å². The number of nitrogens with one attached hydrogen (secondary N) is 2. The van der Waals surface area contributed by atoms with Gasteiger partial charge in [-0.2, -0.15) is 13.2 Å². The quantitative estimate of drug-likeness (QED) is 0.320. The van der Waals surface area contributed by atoms with Gasteiger partial charge in [-0.25, -0.2) is 14.5 Å². The Morgan fingerprint density at radius 2 is 1.78 bits per heavy atom. The molecule has 0 aliphatic carbocycles. The van der Waals surface area contributed by atoms with E-state index in [4.69, 9.17) is 34.3 Å². The predicted molar refractivity (Wildman–Crippen MR) is 77.0 cm³/mol. The Morgan fingerprint density at radius 1 is 1.30 bits per heavy atom. The molecule has 12 heteroatoms. The molecule has 0 fully saturated rings. The first-order valence-electron chi connectivity index (χ1n) is 5.63. The molecule has 126 valence electrons. The van der Waals surface area contributed by atoms with Crippen LogP contribution in [0.1, 0.15) is 0 Å².